The molecule has 1 saturated heterocycles. The van der Waals surface area contributed by atoms with E-state index in [0.717, 1.165) is 11.4 Å². The third kappa shape index (κ3) is 2.39. The van der Waals surface area contributed by atoms with Gasteiger partial charge in [0.05, 0.1) is 11.1 Å². The van der Waals surface area contributed by atoms with Crippen LogP contribution >= 0.6 is 23.4 Å². The Morgan fingerprint density at radius 3 is 2.87 bits per heavy atom. The average molecular weight is 245 g/mol. The summed E-state index contributed by atoms with van der Waals surface area (Å²) in [5.41, 5.74) is 6.51. The number of hydrogen-bond acceptors (Lipinski definition) is 4. The number of nitrogens with two attached hydrogens (primary N) is 1. The molecule has 0 bridgehead atoms. The number of benzene rings is 1. The van der Waals surface area contributed by atoms with Crippen LogP contribution in [-0.2, 0) is 0 Å². The molecule has 0 saturated carbocycles. The maximum Gasteiger partial charge on any atom is 0.0798 e. The van der Waals surface area contributed by atoms with Gasteiger partial charge in [-0.15, -0.1) is 11.8 Å². The number of aliphatic hydroxyl groups is 1. The summed E-state index contributed by atoms with van der Waals surface area (Å²) in [5.74, 6) is 0. The largest absolute Gasteiger partial charge is 0.398 e. The molecule has 2 atom stereocenters. The summed E-state index contributed by atoms with van der Waals surface area (Å²) in [6.45, 7) is 1.43. The highest BCUT2D eigenvalue weighted by Crippen LogP contribution is 2.36. The van der Waals surface area contributed by atoms with Crippen LogP contribution in [0.4, 0.5) is 5.69 Å². The smallest absolute Gasteiger partial charge is 0.0798 e. The first-order valence-electron chi connectivity index (χ1n) is 4.78. The number of nitrogen functional groups attached to an aromatic ring is 1. The first-order chi connectivity index (χ1) is 7.18. The van der Waals surface area contributed by atoms with Crippen molar-refractivity contribution in [1.82, 2.24) is 5.32 Å². The van der Waals surface area contributed by atoms with Gasteiger partial charge in [-0.3, -0.25) is 0 Å². The minimum absolute atomic E-state index is 0.132. The molecule has 15 heavy (non-hydrogen) atoms. The monoisotopic (exact) mass is 244 g/mol. The van der Waals surface area contributed by atoms with Gasteiger partial charge in [-0.05, 0) is 12.1 Å². The molecule has 1 aromatic carbocycles. The maximum atomic E-state index is 9.66. The van der Waals surface area contributed by atoms with E-state index in [1.54, 1.807) is 11.8 Å². The van der Waals surface area contributed by atoms with Crippen molar-refractivity contribution in [2.45, 2.75) is 16.2 Å². The summed E-state index contributed by atoms with van der Waals surface area (Å²) in [6, 6.07) is 5.46. The third-order valence-corrected chi connectivity index (χ3v) is 4.30. The third-order valence-electron chi connectivity index (χ3n) is 2.39. The molecule has 1 aliphatic rings. The molecule has 5 heteroatoms. The zero-order chi connectivity index (χ0) is 10.8. The number of nitrogens with one attached hydrogen (secondary N) is 1. The van der Waals surface area contributed by atoms with Gasteiger partial charge in [-0.1, -0.05) is 17.7 Å². The van der Waals surface area contributed by atoms with Crippen LogP contribution in [0.2, 0.25) is 5.02 Å². The van der Waals surface area contributed by atoms with Gasteiger partial charge in [-0.25, -0.2) is 0 Å². The zero-order valence-electron chi connectivity index (χ0n) is 8.11. The quantitative estimate of drug-likeness (QED) is 0.688. The summed E-state index contributed by atoms with van der Waals surface area (Å²) in [7, 11) is 0. The molecule has 1 aromatic rings. The second-order valence-electron chi connectivity index (χ2n) is 3.54. The van der Waals surface area contributed by atoms with Gasteiger partial charge >= 0.3 is 0 Å². The van der Waals surface area contributed by atoms with Crippen molar-refractivity contribution in [3.63, 3.8) is 0 Å². The van der Waals surface area contributed by atoms with E-state index in [4.69, 9.17) is 17.3 Å². The lowest BCUT2D eigenvalue weighted by Crippen LogP contribution is -2.20. The van der Waals surface area contributed by atoms with Crippen molar-refractivity contribution in [1.29, 1.82) is 0 Å². The van der Waals surface area contributed by atoms with Gasteiger partial charge < -0.3 is 16.2 Å². The van der Waals surface area contributed by atoms with Crippen LogP contribution in [0.1, 0.15) is 0 Å². The normalized spacial score (nSPS) is 25.7. The molecule has 0 aliphatic carbocycles. The van der Waals surface area contributed by atoms with Crippen LogP contribution in [0.25, 0.3) is 0 Å². The standard InChI is InChI=1S/C10H13ClN2OS/c11-6-2-1-3-7(12)10(6)15-9-5-13-4-8(9)14/h1-3,8-9,13-14H,4-5,12H2. The second-order valence-corrected chi connectivity index (χ2v) is 5.20. The van der Waals surface area contributed by atoms with Crippen LogP contribution in [0.15, 0.2) is 23.1 Å². The highest BCUT2D eigenvalue weighted by atomic mass is 35.5. The van der Waals surface area contributed by atoms with E-state index in [-0.39, 0.29) is 11.4 Å². The number of hydrogen-bond donors (Lipinski definition) is 3. The van der Waals surface area contributed by atoms with E-state index in [1.807, 2.05) is 18.2 Å². The summed E-state index contributed by atoms with van der Waals surface area (Å²) in [4.78, 5) is 0.868. The van der Waals surface area contributed by atoms with Crippen LogP contribution in [0.3, 0.4) is 0 Å². The van der Waals surface area contributed by atoms with Crippen molar-refractivity contribution < 1.29 is 5.11 Å². The van der Waals surface area contributed by atoms with Gasteiger partial charge in [0.15, 0.2) is 0 Å². The average Bonchev–Trinajstić information content (AvgIpc) is 2.58. The Hall–Kier alpha value is -0.420. The van der Waals surface area contributed by atoms with Crippen LogP contribution in [-0.4, -0.2) is 29.5 Å². The summed E-state index contributed by atoms with van der Waals surface area (Å²) >= 11 is 7.60. The van der Waals surface area contributed by atoms with E-state index in [2.05, 4.69) is 5.32 Å². The first kappa shape index (κ1) is 11.1. The van der Waals surface area contributed by atoms with E-state index in [1.165, 1.54) is 0 Å². The Kier molecular flexibility index (Phi) is 3.41. The number of thioether (sulfide) groups is 1. The zero-order valence-corrected chi connectivity index (χ0v) is 9.68. The lowest BCUT2D eigenvalue weighted by atomic mass is 10.3. The molecule has 82 valence electrons. The molecule has 2 unspecified atom stereocenters. The van der Waals surface area contributed by atoms with E-state index < -0.39 is 0 Å². The van der Waals surface area contributed by atoms with Crippen LogP contribution in [0, 0.1) is 0 Å². The number of aliphatic hydroxyl groups excluding tert-OH is 1. The van der Waals surface area contributed by atoms with Crippen LogP contribution < -0.4 is 11.1 Å². The Labute approximate surface area is 98.0 Å². The number of halogens is 1. The fourth-order valence-corrected chi connectivity index (χ4v) is 3.02. The number of rotatable bonds is 2. The summed E-state index contributed by atoms with van der Waals surface area (Å²) < 4.78 is 0. The van der Waals surface area contributed by atoms with Gasteiger partial charge in [0, 0.05) is 28.9 Å². The van der Waals surface area contributed by atoms with E-state index in [0.29, 0.717) is 17.3 Å². The molecule has 0 spiro atoms. The van der Waals surface area contributed by atoms with E-state index >= 15 is 0 Å². The Bertz CT molecular complexity index is 341. The Morgan fingerprint density at radius 2 is 2.27 bits per heavy atom. The molecule has 0 radical (unpaired) electrons. The van der Waals surface area contributed by atoms with Crippen molar-refractivity contribution in [3.8, 4) is 0 Å². The first-order valence-corrected chi connectivity index (χ1v) is 6.03. The molecule has 4 N–H and O–H groups in total. The minimum atomic E-state index is -0.328. The maximum absolute atomic E-state index is 9.66. The molecule has 1 heterocycles. The van der Waals surface area contributed by atoms with Crippen molar-refractivity contribution in [2.24, 2.45) is 0 Å². The molecule has 3 nitrogen and oxygen atoms in total. The SMILES string of the molecule is Nc1cccc(Cl)c1SC1CNCC1O. The molecule has 1 aliphatic heterocycles. The predicted molar refractivity (Wildman–Crippen MR) is 64.4 cm³/mol. The van der Waals surface area contributed by atoms with Crippen molar-refractivity contribution in [2.75, 3.05) is 18.8 Å². The highest BCUT2D eigenvalue weighted by Gasteiger charge is 2.26. The molecular weight excluding hydrogens is 232 g/mol. The van der Waals surface area contributed by atoms with Crippen molar-refractivity contribution in [3.05, 3.63) is 23.2 Å². The second kappa shape index (κ2) is 4.61. The molecule has 0 amide bonds. The summed E-state index contributed by atoms with van der Waals surface area (Å²) in [6.07, 6.45) is -0.328. The van der Waals surface area contributed by atoms with Gasteiger partial charge in [-0.2, -0.15) is 0 Å². The lowest BCUT2D eigenvalue weighted by molar-refractivity contribution is 0.201. The Balaban J connectivity index is 2.16. The Morgan fingerprint density at radius 1 is 1.47 bits per heavy atom. The van der Waals surface area contributed by atoms with Crippen molar-refractivity contribution >= 4 is 29.1 Å². The highest BCUT2D eigenvalue weighted by molar-refractivity contribution is 8.00. The minimum Gasteiger partial charge on any atom is -0.398 e. The number of β-amino-alcohol motifs (C(OH)–C–C–N with tert-alkyl or cyclic N) is 1. The fraction of sp³-hybridized carbons (Fsp3) is 0.400. The fourth-order valence-electron chi connectivity index (χ4n) is 1.56. The topological polar surface area (TPSA) is 58.3 Å². The molecule has 0 aromatic heterocycles. The van der Waals surface area contributed by atoms with E-state index in [9.17, 15) is 5.11 Å². The predicted octanol–water partition coefficient (Wildman–Crippen LogP) is 1.35. The number of anilines is 1. The van der Waals surface area contributed by atoms with Gasteiger partial charge in [0.2, 0.25) is 0 Å². The summed E-state index contributed by atoms with van der Waals surface area (Å²) in [5, 5.41) is 13.6. The van der Waals surface area contributed by atoms with Gasteiger partial charge in [0.1, 0.15) is 0 Å². The lowest BCUT2D eigenvalue weighted by Gasteiger charge is -2.15. The molecular formula is C10H13ClN2OS. The molecule has 2 rings (SSSR count). The molecule has 1 fully saturated rings. The van der Waals surface area contributed by atoms with Gasteiger partial charge in [0.25, 0.3) is 0 Å². The van der Waals surface area contributed by atoms with Crippen LogP contribution in [0.5, 0.6) is 0 Å².